The van der Waals surface area contributed by atoms with Gasteiger partial charge in [-0.05, 0) is 11.6 Å². The van der Waals surface area contributed by atoms with E-state index in [9.17, 15) is 5.11 Å². The molecule has 2 atom stereocenters. The van der Waals surface area contributed by atoms with Gasteiger partial charge in [-0.2, -0.15) is 5.10 Å². The van der Waals surface area contributed by atoms with Crippen LogP contribution >= 0.6 is 0 Å². The molecule has 0 aliphatic heterocycles. The van der Waals surface area contributed by atoms with Gasteiger partial charge in [0, 0.05) is 26.8 Å². The van der Waals surface area contributed by atoms with Crippen molar-refractivity contribution >= 4 is 0 Å². The first-order valence-corrected chi connectivity index (χ1v) is 5.95. The molecule has 1 N–H and O–H groups in total. The standard InChI is InChI=1S/C14H18N2O2/c1-16-9-8-12(15-16)10-13(17)14(18-2)11-6-4-3-5-7-11/h3-9,13-14,17H,10H2,1-2H3. The minimum absolute atomic E-state index is 0.326. The van der Waals surface area contributed by atoms with Gasteiger partial charge in [0.15, 0.2) is 0 Å². The minimum Gasteiger partial charge on any atom is -0.390 e. The van der Waals surface area contributed by atoms with Crippen molar-refractivity contribution in [1.29, 1.82) is 0 Å². The Morgan fingerprint density at radius 3 is 2.56 bits per heavy atom. The average molecular weight is 246 g/mol. The largest absolute Gasteiger partial charge is 0.390 e. The fourth-order valence-corrected chi connectivity index (χ4v) is 2.05. The van der Waals surface area contributed by atoms with Crippen molar-refractivity contribution in [2.24, 2.45) is 7.05 Å². The molecule has 1 aromatic carbocycles. The maximum Gasteiger partial charge on any atom is 0.108 e. The summed E-state index contributed by atoms with van der Waals surface area (Å²) in [6.45, 7) is 0. The summed E-state index contributed by atoms with van der Waals surface area (Å²) >= 11 is 0. The molecule has 4 nitrogen and oxygen atoms in total. The maximum absolute atomic E-state index is 10.3. The Hall–Kier alpha value is -1.65. The van der Waals surface area contributed by atoms with Crippen molar-refractivity contribution in [2.45, 2.75) is 18.6 Å². The summed E-state index contributed by atoms with van der Waals surface area (Å²) in [5, 5.41) is 14.5. The predicted octanol–water partition coefficient (Wildman–Crippen LogP) is 1.71. The van der Waals surface area contributed by atoms with Gasteiger partial charge in [0.2, 0.25) is 0 Å². The second kappa shape index (κ2) is 5.80. The van der Waals surface area contributed by atoms with E-state index >= 15 is 0 Å². The quantitative estimate of drug-likeness (QED) is 0.873. The number of rotatable bonds is 5. The third-order valence-electron chi connectivity index (χ3n) is 2.92. The molecule has 96 valence electrons. The molecule has 0 spiro atoms. The van der Waals surface area contributed by atoms with Crippen LogP contribution in [-0.2, 0) is 18.2 Å². The molecule has 0 fully saturated rings. The number of aromatic nitrogens is 2. The Morgan fingerprint density at radius 2 is 2.00 bits per heavy atom. The Kier molecular flexibility index (Phi) is 4.12. The smallest absolute Gasteiger partial charge is 0.108 e. The van der Waals surface area contributed by atoms with Crippen molar-refractivity contribution in [3.63, 3.8) is 0 Å². The zero-order valence-electron chi connectivity index (χ0n) is 10.7. The summed E-state index contributed by atoms with van der Waals surface area (Å²) in [5.74, 6) is 0. The number of aliphatic hydroxyl groups excluding tert-OH is 1. The summed E-state index contributed by atoms with van der Waals surface area (Å²) in [6.07, 6.45) is 1.42. The zero-order chi connectivity index (χ0) is 13.0. The average Bonchev–Trinajstić information content (AvgIpc) is 2.77. The van der Waals surface area contributed by atoms with Crippen LogP contribution in [0.25, 0.3) is 0 Å². The van der Waals surface area contributed by atoms with E-state index in [-0.39, 0.29) is 6.10 Å². The summed E-state index contributed by atoms with van der Waals surface area (Å²) in [4.78, 5) is 0. The molecule has 1 heterocycles. The Balaban J connectivity index is 2.08. The lowest BCUT2D eigenvalue weighted by atomic mass is 10.0. The number of hydrogen-bond acceptors (Lipinski definition) is 3. The molecular formula is C14H18N2O2. The monoisotopic (exact) mass is 246 g/mol. The predicted molar refractivity (Wildman–Crippen MR) is 69.1 cm³/mol. The Labute approximate surface area is 107 Å². The molecule has 0 aliphatic carbocycles. The highest BCUT2D eigenvalue weighted by atomic mass is 16.5. The van der Waals surface area contributed by atoms with Gasteiger partial charge in [0.25, 0.3) is 0 Å². The number of nitrogens with zero attached hydrogens (tertiary/aromatic N) is 2. The topological polar surface area (TPSA) is 47.3 Å². The molecular weight excluding hydrogens is 228 g/mol. The van der Waals surface area contributed by atoms with Gasteiger partial charge in [-0.3, -0.25) is 4.68 Å². The van der Waals surface area contributed by atoms with Crippen molar-refractivity contribution in [2.75, 3.05) is 7.11 Å². The molecule has 2 rings (SSSR count). The van der Waals surface area contributed by atoms with E-state index < -0.39 is 6.10 Å². The molecule has 18 heavy (non-hydrogen) atoms. The summed E-state index contributed by atoms with van der Waals surface area (Å²) in [5.41, 5.74) is 1.84. The van der Waals surface area contributed by atoms with Crippen molar-refractivity contribution in [3.05, 3.63) is 53.9 Å². The number of methoxy groups -OCH3 is 1. The number of benzene rings is 1. The van der Waals surface area contributed by atoms with Crippen molar-refractivity contribution in [3.8, 4) is 0 Å². The SMILES string of the molecule is COC(c1ccccc1)C(O)Cc1ccn(C)n1. The van der Waals surface area contributed by atoms with Crippen LogP contribution < -0.4 is 0 Å². The minimum atomic E-state index is -0.604. The van der Waals surface area contributed by atoms with Crippen molar-refractivity contribution < 1.29 is 9.84 Å². The van der Waals surface area contributed by atoms with Gasteiger partial charge in [-0.25, -0.2) is 0 Å². The molecule has 4 heteroatoms. The lowest BCUT2D eigenvalue weighted by Gasteiger charge is -2.21. The molecule has 2 aromatic rings. The van der Waals surface area contributed by atoms with Gasteiger partial charge in [0.05, 0.1) is 11.8 Å². The Morgan fingerprint density at radius 1 is 1.28 bits per heavy atom. The molecule has 0 saturated heterocycles. The van der Waals surface area contributed by atoms with Crippen LogP contribution in [0.1, 0.15) is 17.4 Å². The van der Waals surface area contributed by atoms with Gasteiger partial charge < -0.3 is 9.84 Å². The van der Waals surface area contributed by atoms with Crippen LogP contribution in [0, 0.1) is 0 Å². The molecule has 0 radical (unpaired) electrons. The van der Waals surface area contributed by atoms with Crippen LogP contribution in [-0.4, -0.2) is 28.1 Å². The summed E-state index contributed by atoms with van der Waals surface area (Å²) < 4.78 is 7.12. The van der Waals surface area contributed by atoms with Gasteiger partial charge in [-0.1, -0.05) is 30.3 Å². The van der Waals surface area contributed by atoms with E-state index in [1.807, 2.05) is 49.6 Å². The molecule has 0 bridgehead atoms. The first kappa shape index (κ1) is 12.8. The molecule has 1 aromatic heterocycles. The van der Waals surface area contributed by atoms with E-state index in [2.05, 4.69) is 5.10 Å². The van der Waals surface area contributed by atoms with E-state index in [0.29, 0.717) is 6.42 Å². The van der Waals surface area contributed by atoms with Crippen LogP contribution in [0.3, 0.4) is 0 Å². The van der Waals surface area contributed by atoms with E-state index in [1.54, 1.807) is 11.8 Å². The second-order valence-corrected chi connectivity index (χ2v) is 4.32. The fourth-order valence-electron chi connectivity index (χ4n) is 2.05. The van der Waals surface area contributed by atoms with Crippen LogP contribution in [0.15, 0.2) is 42.6 Å². The van der Waals surface area contributed by atoms with E-state index in [4.69, 9.17) is 4.74 Å². The van der Waals surface area contributed by atoms with Gasteiger partial charge >= 0.3 is 0 Å². The summed E-state index contributed by atoms with van der Waals surface area (Å²) in [6, 6.07) is 11.6. The highest BCUT2D eigenvalue weighted by Crippen LogP contribution is 2.22. The van der Waals surface area contributed by atoms with E-state index in [1.165, 1.54) is 0 Å². The second-order valence-electron chi connectivity index (χ2n) is 4.32. The van der Waals surface area contributed by atoms with Crippen LogP contribution in [0.5, 0.6) is 0 Å². The van der Waals surface area contributed by atoms with E-state index in [0.717, 1.165) is 11.3 Å². The highest BCUT2D eigenvalue weighted by molar-refractivity contribution is 5.19. The first-order valence-electron chi connectivity index (χ1n) is 5.95. The molecule has 0 aliphatic rings. The third-order valence-corrected chi connectivity index (χ3v) is 2.92. The van der Waals surface area contributed by atoms with Crippen LogP contribution in [0.2, 0.25) is 0 Å². The van der Waals surface area contributed by atoms with Gasteiger partial charge in [-0.15, -0.1) is 0 Å². The number of aliphatic hydroxyl groups is 1. The summed E-state index contributed by atoms with van der Waals surface area (Å²) in [7, 11) is 3.47. The lowest BCUT2D eigenvalue weighted by Crippen LogP contribution is -2.23. The first-order chi connectivity index (χ1) is 8.70. The Bertz CT molecular complexity index is 482. The molecule has 0 amide bonds. The van der Waals surface area contributed by atoms with Crippen molar-refractivity contribution in [1.82, 2.24) is 9.78 Å². The molecule has 0 saturated carbocycles. The third kappa shape index (κ3) is 2.97. The zero-order valence-corrected chi connectivity index (χ0v) is 10.7. The number of hydrogen-bond donors (Lipinski definition) is 1. The highest BCUT2D eigenvalue weighted by Gasteiger charge is 2.21. The fraction of sp³-hybridized carbons (Fsp3) is 0.357. The number of aryl methyl sites for hydroxylation is 1. The normalized spacial score (nSPS) is 14.4. The van der Waals surface area contributed by atoms with Crippen LogP contribution in [0.4, 0.5) is 0 Å². The molecule has 2 unspecified atom stereocenters. The maximum atomic E-state index is 10.3. The van der Waals surface area contributed by atoms with Gasteiger partial charge in [0.1, 0.15) is 6.10 Å². The lowest BCUT2D eigenvalue weighted by molar-refractivity contribution is -0.0133. The number of ether oxygens (including phenoxy) is 1.